The highest BCUT2D eigenvalue weighted by Gasteiger charge is 2.41. The Kier molecular flexibility index (Phi) is 4.94. The molecule has 144 valence electrons. The number of benzene rings is 1. The molecule has 0 radical (unpaired) electrons. The number of pyridine rings is 1. The van der Waals surface area contributed by atoms with E-state index in [1.165, 1.54) is 28.2 Å². The van der Waals surface area contributed by atoms with Gasteiger partial charge in [-0.3, -0.25) is 4.98 Å². The van der Waals surface area contributed by atoms with E-state index in [1.54, 1.807) is 0 Å². The first-order chi connectivity index (χ1) is 13.5. The fourth-order valence-corrected chi connectivity index (χ4v) is 4.84. The number of nitrogens with one attached hydrogen (secondary N) is 1. The van der Waals surface area contributed by atoms with Crippen LogP contribution in [0.1, 0.15) is 47.2 Å². The summed E-state index contributed by atoms with van der Waals surface area (Å²) < 4.78 is 2.36. The fourth-order valence-electron chi connectivity index (χ4n) is 4.47. The second kappa shape index (κ2) is 7.40. The molecule has 3 aromatic rings. The minimum atomic E-state index is 0.0390. The topological polar surface area (TPSA) is 33.1 Å². The quantitative estimate of drug-likeness (QED) is 0.650. The molecule has 0 saturated carbocycles. The maximum Gasteiger partial charge on any atom is 0.170 e. The number of rotatable bonds is 4. The fraction of sp³-hybridized carbons (Fsp3) is 0.304. The summed E-state index contributed by atoms with van der Waals surface area (Å²) >= 11 is 5.69. The van der Waals surface area contributed by atoms with Crippen LogP contribution in [0.2, 0.25) is 0 Å². The molecule has 1 aliphatic heterocycles. The van der Waals surface area contributed by atoms with Crippen molar-refractivity contribution in [3.8, 4) is 5.69 Å². The Bertz CT molecular complexity index is 994. The first-order valence-corrected chi connectivity index (χ1v) is 10.2. The van der Waals surface area contributed by atoms with Crippen molar-refractivity contribution in [2.75, 3.05) is 6.54 Å². The van der Waals surface area contributed by atoms with Gasteiger partial charge in [0.05, 0.1) is 17.8 Å². The van der Waals surface area contributed by atoms with Gasteiger partial charge < -0.3 is 14.8 Å². The van der Waals surface area contributed by atoms with E-state index in [1.807, 2.05) is 18.3 Å². The Labute approximate surface area is 172 Å². The average molecular weight is 391 g/mol. The van der Waals surface area contributed by atoms with Crippen molar-refractivity contribution in [3.05, 3.63) is 82.9 Å². The van der Waals surface area contributed by atoms with Gasteiger partial charge in [0, 0.05) is 35.4 Å². The van der Waals surface area contributed by atoms with Gasteiger partial charge in [0.15, 0.2) is 5.11 Å². The van der Waals surface area contributed by atoms with Crippen LogP contribution in [0.5, 0.6) is 0 Å². The van der Waals surface area contributed by atoms with Crippen molar-refractivity contribution in [1.29, 1.82) is 0 Å². The second-order valence-corrected chi connectivity index (χ2v) is 7.68. The molecule has 5 heteroatoms. The highest BCUT2D eigenvalue weighted by Crippen LogP contribution is 2.43. The lowest BCUT2D eigenvalue weighted by Gasteiger charge is -2.27. The predicted molar refractivity (Wildman–Crippen MR) is 118 cm³/mol. The minimum Gasteiger partial charge on any atom is -0.352 e. The molecule has 0 bridgehead atoms. The summed E-state index contributed by atoms with van der Waals surface area (Å²) in [5, 5.41) is 4.33. The van der Waals surface area contributed by atoms with E-state index in [9.17, 15) is 0 Å². The van der Waals surface area contributed by atoms with Crippen LogP contribution in [0.4, 0.5) is 0 Å². The molecule has 28 heavy (non-hydrogen) atoms. The van der Waals surface area contributed by atoms with Gasteiger partial charge in [-0.25, -0.2) is 0 Å². The lowest BCUT2D eigenvalue weighted by molar-refractivity contribution is 0.328. The summed E-state index contributed by atoms with van der Waals surface area (Å²) in [6.07, 6.45) is 1.85. The number of para-hydroxylation sites is 1. The monoisotopic (exact) mass is 390 g/mol. The van der Waals surface area contributed by atoms with Gasteiger partial charge in [0.1, 0.15) is 0 Å². The Hall–Kier alpha value is -2.66. The van der Waals surface area contributed by atoms with Crippen molar-refractivity contribution in [3.63, 3.8) is 0 Å². The van der Waals surface area contributed by atoms with Crippen LogP contribution in [0.15, 0.2) is 54.7 Å². The van der Waals surface area contributed by atoms with E-state index in [-0.39, 0.29) is 12.1 Å². The van der Waals surface area contributed by atoms with Gasteiger partial charge in [-0.2, -0.15) is 0 Å². The van der Waals surface area contributed by atoms with Crippen molar-refractivity contribution >= 4 is 17.3 Å². The van der Waals surface area contributed by atoms with E-state index >= 15 is 0 Å². The van der Waals surface area contributed by atoms with Crippen molar-refractivity contribution in [1.82, 2.24) is 19.8 Å². The maximum absolute atomic E-state index is 5.69. The molecule has 0 unspecified atom stereocenters. The van der Waals surface area contributed by atoms with E-state index in [0.29, 0.717) is 0 Å². The summed E-state index contributed by atoms with van der Waals surface area (Å²) in [4.78, 5) is 6.92. The Morgan fingerprint density at radius 2 is 1.71 bits per heavy atom. The third-order valence-electron chi connectivity index (χ3n) is 5.86. The zero-order valence-corrected chi connectivity index (χ0v) is 17.6. The van der Waals surface area contributed by atoms with Crippen LogP contribution in [0.25, 0.3) is 5.69 Å². The molecular formula is C23H26N4S. The first-order valence-electron chi connectivity index (χ1n) is 9.76. The lowest BCUT2D eigenvalue weighted by atomic mass is 9.93. The zero-order valence-electron chi connectivity index (χ0n) is 16.8. The van der Waals surface area contributed by atoms with Gasteiger partial charge in [0.2, 0.25) is 0 Å². The van der Waals surface area contributed by atoms with Crippen molar-refractivity contribution in [2.24, 2.45) is 0 Å². The number of likely N-dealkylation sites (N-methyl/N-ethyl adjacent to an activating group) is 1. The first kappa shape index (κ1) is 18.7. The summed E-state index contributed by atoms with van der Waals surface area (Å²) in [7, 11) is 0. The molecule has 1 fully saturated rings. The number of hydrogen-bond acceptors (Lipinski definition) is 2. The van der Waals surface area contributed by atoms with Gasteiger partial charge >= 0.3 is 0 Å². The SMILES string of the molecule is CCN1C(=S)N[C@@H](c2ccccn2)[C@H]1c1c(C)c(C)n(-c2ccccc2)c1C. The van der Waals surface area contributed by atoms with Gasteiger partial charge in [-0.05, 0) is 69.7 Å². The van der Waals surface area contributed by atoms with Crippen LogP contribution in [0.3, 0.4) is 0 Å². The molecular weight excluding hydrogens is 364 g/mol. The molecule has 1 aliphatic rings. The molecule has 3 heterocycles. The van der Waals surface area contributed by atoms with Crippen LogP contribution in [-0.4, -0.2) is 26.1 Å². The van der Waals surface area contributed by atoms with Crippen molar-refractivity contribution in [2.45, 2.75) is 39.8 Å². The third kappa shape index (κ3) is 2.90. The smallest absolute Gasteiger partial charge is 0.170 e. The summed E-state index contributed by atoms with van der Waals surface area (Å²) in [5.74, 6) is 0. The lowest BCUT2D eigenvalue weighted by Crippen LogP contribution is -2.29. The summed E-state index contributed by atoms with van der Waals surface area (Å²) in [5.41, 5.74) is 7.40. The van der Waals surface area contributed by atoms with E-state index in [4.69, 9.17) is 12.2 Å². The molecule has 0 spiro atoms. The van der Waals surface area contributed by atoms with Gasteiger partial charge in [0.25, 0.3) is 0 Å². The highest BCUT2D eigenvalue weighted by molar-refractivity contribution is 7.80. The molecule has 0 amide bonds. The second-order valence-electron chi connectivity index (χ2n) is 7.29. The molecule has 0 aliphatic carbocycles. The van der Waals surface area contributed by atoms with E-state index < -0.39 is 0 Å². The Morgan fingerprint density at radius 1 is 1.00 bits per heavy atom. The number of thiocarbonyl (C=S) groups is 1. The Balaban J connectivity index is 1.89. The standard InChI is InChI=1S/C23H26N4S/c1-5-26-22(21(25-23(26)28)19-13-9-10-14-24-19)20-15(2)16(3)27(17(20)4)18-11-7-6-8-12-18/h6-14,21-22H,5H2,1-4H3,(H,25,28)/t21-,22+/m0/s1. The molecule has 1 N–H and O–H groups in total. The third-order valence-corrected chi connectivity index (χ3v) is 6.21. The van der Waals surface area contributed by atoms with E-state index in [2.05, 4.69) is 83.9 Å². The molecule has 2 atom stereocenters. The van der Waals surface area contributed by atoms with Gasteiger partial charge in [-0.15, -0.1) is 0 Å². The predicted octanol–water partition coefficient (Wildman–Crippen LogP) is 4.79. The van der Waals surface area contributed by atoms with Crippen molar-refractivity contribution < 1.29 is 0 Å². The largest absolute Gasteiger partial charge is 0.352 e. The maximum atomic E-state index is 5.69. The molecule has 1 aromatic carbocycles. The summed E-state index contributed by atoms with van der Waals surface area (Å²) in [6, 6.07) is 16.8. The van der Waals surface area contributed by atoms with Crippen LogP contribution < -0.4 is 5.32 Å². The van der Waals surface area contributed by atoms with Crippen LogP contribution >= 0.6 is 12.2 Å². The summed E-state index contributed by atoms with van der Waals surface area (Å²) in [6.45, 7) is 9.65. The number of nitrogens with zero attached hydrogens (tertiary/aromatic N) is 3. The van der Waals surface area contributed by atoms with Gasteiger partial charge in [-0.1, -0.05) is 24.3 Å². The Morgan fingerprint density at radius 3 is 2.36 bits per heavy atom. The molecule has 4 rings (SSSR count). The zero-order chi connectivity index (χ0) is 19.8. The minimum absolute atomic E-state index is 0.0390. The number of aromatic nitrogens is 2. The number of hydrogen-bond donors (Lipinski definition) is 1. The molecule has 2 aromatic heterocycles. The normalized spacial score (nSPS) is 19.1. The highest BCUT2D eigenvalue weighted by atomic mass is 32.1. The van der Waals surface area contributed by atoms with E-state index in [0.717, 1.165) is 17.4 Å². The average Bonchev–Trinajstić information content (AvgIpc) is 3.16. The van der Waals surface area contributed by atoms with Crippen LogP contribution in [0, 0.1) is 20.8 Å². The molecule has 4 nitrogen and oxygen atoms in total. The molecule has 1 saturated heterocycles. The van der Waals surface area contributed by atoms with Crippen LogP contribution in [-0.2, 0) is 0 Å².